The van der Waals surface area contributed by atoms with Gasteiger partial charge in [0.25, 0.3) is 0 Å². The van der Waals surface area contributed by atoms with E-state index in [-0.39, 0.29) is 0 Å². The van der Waals surface area contributed by atoms with E-state index in [4.69, 9.17) is 0 Å². The van der Waals surface area contributed by atoms with Crippen molar-refractivity contribution in [3.63, 3.8) is 0 Å². The van der Waals surface area contributed by atoms with Crippen LogP contribution in [0.4, 0.5) is 0 Å². The normalized spacial score (nSPS) is 10.4. The summed E-state index contributed by atoms with van der Waals surface area (Å²) in [6.45, 7) is 3.98. The summed E-state index contributed by atoms with van der Waals surface area (Å²) < 4.78 is 0. The van der Waals surface area contributed by atoms with E-state index in [1.54, 1.807) is 0 Å². The first-order valence-electron chi connectivity index (χ1n) is 4.40. The van der Waals surface area contributed by atoms with Crippen LogP contribution in [-0.2, 0) is 0 Å². The van der Waals surface area contributed by atoms with E-state index in [1.165, 1.54) is 5.39 Å². The zero-order chi connectivity index (χ0) is 9.97. The first kappa shape index (κ1) is 9.41. The molecule has 14 heavy (non-hydrogen) atoms. The van der Waals surface area contributed by atoms with Gasteiger partial charge in [-0.25, -0.2) is 0 Å². The average molecular weight is 248 g/mol. The summed E-state index contributed by atoms with van der Waals surface area (Å²) in [7, 11) is 0. The number of alkyl halides is 1. The molecule has 0 bridgehead atoms. The fraction of sp³-hybridized carbons (Fsp3) is 0.0833. The molecular weight excluding hydrogens is 238 g/mol. The van der Waals surface area contributed by atoms with Crippen LogP contribution in [-0.4, -0.2) is 10.3 Å². The van der Waals surface area contributed by atoms with E-state index in [0.717, 1.165) is 22.0 Å². The Morgan fingerprint density at radius 2 is 2.21 bits per heavy atom. The Morgan fingerprint density at radius 1 is 1.36 bits per heavy atom. The lowest BCUT2D eigenvalue weighted by molar-refractivity contribution is 1.41. The Morgan fingerprint density at radius 3 is 3.00 bits per heavy atom. The Hall–Kier alpha value is -1.15. The third-order valence-corrected chi connectivity index (χ3v) is 2.85. The van der Waals surface area contributed by atoms with Gasteiger partial charge in [-0.2, -0.15) is 0 Å². The molecule has 1 aromatic carbocycles. The number of fused-ring (bicyclic) bond motifs is 1. The molecule has 0 fully saturated rings. The maximum atomic E-state index is 4.30. The standard InChI is InChI=1S/C12H10BrN/c1-9(8-13)11-5-4-10-3-2-6-14-12(10)7-11/h2-7H,1,8H2. The number of rotatable bonds is 2. The molecule has 0 saturated heterocycles. The molecule has 0 amide bonds. The van der Waals surface area contributed by atoms with E-state index in [9.17, 15) is 0 Å². The number of hydrogen-bond donors (Lipinski definition) is 0. The molecule has 2 rings (SSSR count). The Bertz CT molecular complexity index is 476. The molecule has 2 aromatic rings. The zero-order valence-electron chi connectivity index (χ0n) is 7.70. The number of allylic oxidation sites excluding steroid dienone is 1. The van der Waals surface area contributed by atoms with Crippen LogP contribution in [0.25, 0.3) is 16.5 Å². The van der Waals surface area contributed by atoms with Crippen molar-refractivity contribution in [1.82, 2.24) is 4.98 Å². The van der Waals surface area contributed by atoms with Crippen LogP contribution in [0, 0.1) is 0 Å². The third kappa shape index (κ3) is 1.70. The van der Waals surface area contributed by atoms with Crippen LogP contribution in [0.1, 0.15) is 5.56 Å². The maximum absolute atomic E-state index is 4.30. The van der Waals surface area contributed by atoms with Gasteiger partial charge in [0.15, 0.2) is 0 Å². The lowest BCUT2D eigenvalue weighted by atomic mass is 10.1. The molecule has 0 aliphatic heterocycles. The van der Waals surface area contributed by atoms with Crippen molar-refractivity contribution in [3.05, 3.63) is 48.7 Å². The van der Waals surface area contributed by atoms with Crippen molar-refractivity contribution in [3.8, 4) is 0 Å². The number of hydrogen-bond acceptors (Lipinski definition) is 1. The van der Waals surface area contributed by atoms with Gasteiger partial charge in [-0.05, 0) is 23.3 Å². The first-order valence-corrected chi connectivity index (χ1v) is 5.52. The van der Waals surface area contributed by atoms with Gasteiger partial charge in [0.2, 0.25) is 0 Å². The summed E-state index contributed by atoms with van der Waals surface area (Å²) in [4.78, 5) is 4.30. The van der Waals surface area contributed by atoms with Crippen molar-refractivity contribution in [2.45, 2.75) is 0 Å². The molecule has 70 valence electrons. The van der Waals surface area contributed by atoms with E-state index in [1.807, 2.05) is 12.3 Å². The second kappa shape index (κ2) is 3.93. The van der Waals surface area contributed by atoms with Gasteiger partial charge in [0.1, 0.15) is 0 Å². The molecule has 1 aromatic heterocycles. The van der Waals surface area contributed by atoms with Gasteiger partial charge in [-0.15, -0.1) is 0 Å². The van der Waals surface area contributed by atoms with Crippen molar-refractivity contribution in [1.29, 1.82) is 0 Å². The molecule has 1 nitrogen and oxygen atoms in total. The second-order valence-corrected chi connectivity index (χ2v) is 3.71. The van der Waals surface area contributed by atoms with Gasteiger partial charge >= 0.3 is 0 Å². The highest BCUT2D eigenvalue weighted by molar-refractivity contribution is 9.09. The molecule has 0 aliphatic rings. The largest absolute Gasteiger partial charge is 0.256 e. The van der Waals surface area contributed by atoms with Crippen LogP contribution in [0.2, 0.25) is 0 Å². The van der Waals surface area contributed by atoms with Crippen molar-refractivity contribution in [2.24, 2.45) is 0 Å². The highest BCUT2D eigenvalue weighted by Gasteiger charge is 1.99. The molecular formula is C12H10BrN. The van der Waals surface area contributed by atoms with Gasteiger partial charge in [-0.1, -0.05) is 40.7 Å². The fourth-order valence-corrected chi connectivity index (χ4v) is 1.69. The zero-order valence-corrected chi connectivity index (χ0v) is 9.29. The molecule has 0 aliphatic carbocycles. The summed E-state index contributed by atoms with van der Waals surface area (Å²) in [6.07, 6.45) is 1.81. The van der Waals surface area contributed by atoms with Crippen molar-refractivity contribution >= 4 is 32.4 Å². The van der Waals surface area contributed by atoms with Crippen LogP contribution in [0.5, 0.6) is 0 Å². The molecule has 2 heteroatoms. The van der Waals surface area contributed by atoms with E-state index in [0.29, 0.717) is 0 Å². The third-order valence-electron chi connectivity index (χ3n) is 2.18. The predicted molar refractivity (Wildman–Crippen MR) is 64.6 cm³/mol. The van der Waals surface area contributed by atoms with E-state index in [2.05, 4.69) is 51.8 Å². The van der Waals surface area contributed by atoms with Crippen LogP contribution >= 0.6 is 15.9 Å². The lowest BCUT2D eigenvalue weighted by Gasteiger charge is -2.03. The van der Waals surface area contributed by atoms with Crippen LogP contribution in [0.15, 0.2) is 43.1 Å². The van der Waals surface area contributed by atoms with Gasteiger partial charge < -0.3 is 0 Å². The minimum Gasteiger partial charge on any atom is -0.256 e. The number of halogens is 1. The smallest absolute Gasteiger partial charge is 0.0708 e. The van der Waals surface area contributed by atoms with E-state index >= 15 is 0 Å². The SMILES string of the molecule is C=C(CBr)c1ccc2cccnc2c1. The van der Waals surface area contributed by atoms with Crippen molar-refractivity contribution in [2.75, 3.05) is 5.33 Å². The first-order chi connectivity index (χ1) is 6.81. The van der Waals surface area contributed by atoms with Crippen LogP contribution in [0.3, 0.4) is 0 Å². The fourth-order valence-electron chi connectivity index (χ4n) is 1.36. The summed E-state index contributed by atoms with van der Waals surface area (Å²) in [5.41, 5.74) is 3.25. The van der Waals surface area contributed by atoms with Gasteiger partial charge in [-0.3, -0.25) is 4.98 Å². The highest BCUT2D eigenvalue weighted by Crippen LogP contribution is 2.19. The molecule has 0 atom stereocenters. The molecule has 0 saturated carbocycles. The number of pyridine rings is 1. The number of benzene rings is 1. The summed E-state index contributed by atoms with van der Waals surface area (Å²) in [5, 5.41) is 1.96. The van der Waals surface area contributed by atoms with Gasteiger partial charge in [0.05, 0.1) is 5.52 Å². The quantitative estimate of drug-likeness (QED) is 0.739. The molecule has 0 N–H and O–H groups in total. The summed E-state index contributed by atoms with van der Waals surface area (Å²) in [6, 6.07) is 10.2. The number of nitrogens with zero attached hydrogens (tertiary/aromatic N) is 1. The Kier molecular flexibility index (Phi) is 2.64. The Balaban J connectivity index is 2.56. The Labute approximate surface area is 91.6 Å². The number of aromatic nitrogens is 1. The molecule has 0 unspecified atom stereocenters. The molecule has 0 spiro atoms. The average Bonchev–Trinajstić information content (AvgIpc) is 2.27. The van der Waals surface area contributed by atoms with Crippen LogP contribution < -0.4 is 0 Å². The topological polar surface area (TPSA) is 12.9 Å². The minimum atomic E-state index is 0.797. The monoisotopic (exact) mass is 247 g/mol. The molecule has 1 heterocycles. The lowest BCUT2D eigenvalue weighted by Crippen LogP contribution is -1.85. The van der Waals surface area contributed by atoms with E-state index < -0.39 is 0 Å². The highest BCUT2D eigenvalue weighted by atomic mass is 79.9. The summed E-state index contributed by atoms with van der Waals surface area (Å²) in [5.74, 6) is 0. The summed E-state index contributed by atoms with van der Waals surface area (Å²) >= 11 is 3.40. The second-order valence-electron chi connectivity index (χ2n) is 3.15. The molecule has 0 radical (unpaired) electrons. The predicted octanol–water partition coefficient (Wildman–Crippen LogP) is 3.64. The minimum absolute atomic E-state index is 0.797. The van der Waals surface area contributed by atoms with Crippen molar-refractivity contribution < 1.29 is 0 Å². The van der Waals surface area contributed by atoms with Gasteiger partial charge in [0, 0.05) is 16.9 Å². The maximum Gasteiger partial charge on any atom is 0.0708 e.